The van der Waals surface area contributed by atoms with Crippen molar-refractivity contribution in [3.8, 4) is 5.75 Å². The summed E-state index contributed by atoms with van der Waals surface area (Å²) in [5.74, 6) is -1.56. The van der Waals surface area contributed by atoms with Crippen molar-refractivity contribution in [1.82, 2.24) is 10.6 Å². The fourth-order valence-corrected chi connectivity index (χ4v) is 4.54. The Kier molecular flexibility index (Phi) is 15.4. The zero-order valence-corrected chi connectivity index (χ0v) is 28.2. The van der Waals surface area contributed by atoms with Gasteiger partial charge in [-0.3, -0.25) is 19.2 Å². The van der Waals surface area contributed by atoms with Crippen molar-refractivity contribution in [3.63, 3.8) is 0 Å². The smallest absolute Gasteiger partial charge is 0.307 e. The largest absolute Gasteiger partial charge is 0.494 e. The van der Waals surface area contributed by atoms with Crippen molar-refractivity contribution in [2.45, 2.75) is 98.3 Å². The van der Waals surface area contributed by atoms with Crippen molar-refractivity contribution in [2.24, 2.45) is 11.3 Å². The van der Waals surface area contributed by atoms with E-state index in [1.54, 1.807) is 45.0 Å². The highest BCUT2D eigenvalue weighted by atomic mass is 35.5. The minimum absolute atomic E-state index is 0.106. The number of carbonyl (C=O) groups excluding carboxylic acids is 4. The van der Waals surface area contributed by atoms with Crippen molar-refractivity contribution >= 4 is 35.4 Å². The maximum absolute atomic E-state index is 13.5. The molecule has 2 amide bonds. The normalized spacial score (nSPS) is 12.9. The molecule has 0 fully saturated rings. The van der Waals surface area contributed by atoms with Crippen molar-refractivity contribution in [2.75, 3.05) is 13.2 Å². The minimum atomic E-state index is -0.857. The first kappa shape index (κ1) is 37.6. The van der Waals surface area contributed by atoms with Gasteiger partial charge in [0.25, 0.3) is 0 Å². The number of benzene rings is 2. The van der Waals surface area contributed by atoms with Crippen LogP contribution in [0.5, 0.6) is 5.75 Å². The molecule has 0 spiro atoms. The summed E-state index contributed by atoms with van der Waals surface area (Å²) in [7, 11) is 0. The van der Waals surface area contributed by atoms with Crippen molar-refractivity contribution < 1.29 is 33.4 Å². The monoisotopic (exact) mass is 644 g/mol. The van der Waals surface area contributed by atoms with Gasteiger partial charge < -0.3 is 24.8 Å². The summed E-state index contributed by atoms with van der Waals surface area (Å²) in [6.07, 6.45) is 2.14. The second-order valence-electron chi connectivity index (χ2n) is 13.1. The van der Waals surface area contributed by atoms with Crippen LogP contribution in [0.3, 0.4) is 0 Å². The third-order valence-electron chi connectivity index (χ3n) is 6.75. The number of amides is 2. The highest BCUT2D eigenvalue weighted by Gasteiger charge is 2.35. The molecule has 0 bridgehead atoms. The van der Waals surface area contributed by atoms with Crippen LogP contribution in [-0.2, 0) is 35.3 Å². The van der Waals surface area contributed by atoms with E-state index in [0.717, 1.165) is 5.56 Å². The number of hydrogen-bond acceptors (Lipinski definition) is 7. The minimum Gasteiger partial charge on any atom is -0.494 e. The molecule has 2 N–H and O–H groups in total. The predicted octanol–water partition coefficient (Wildman–Crippen LogP) is 6.41. The Morgan fingerprint density at radius 1 is 0.822 bits per heavy atom. The van der Waals surface area contributed by atoms with E-state index >= 15 is 0 Å². The van der Waals surface area contributed by atoms with E-state index in [9.17, 15) is 19.2 Å². The lowest BCUT2D eigenvalue weighted by Crippen LogP contribution is -2.55. The molecule has 0 aromatic heterocycles. The molecule has 0 saturated carbocycles. The van der Waals surface area contributed by atoms with Gasteiger partial charge in [0.1, 0.15) is 24.0 Å². The van der Waals surface area contributed by atoms with Gasteiger partial charge in [0.2, 0.25) is 11.8 Å². The number of hydrogen-bond donors (Lipinski definition) is 2. The number of nitrogens with one attached hydrogen (secondary N) is 2. The molecule has 248 valence electrons. The number of halogens is 1. The highest BCUT2D eigenvalue weighted by molar-refractivity contribution is 6.30. The highest BCUT2D eigenvalue weighted by Crippen LogP contribution is 2.23. The Morgan fingerprint density at radius 2 is 1.49 bits per heavy atom. The van der Waals surface area contributed by atoms with Gasteiger partial charge >= 0.3 is 11.9 Å². The summed E-state index contributed by atoms with van der Waals surface area (Å²) in [5, 5.41) is 6.35. The van der Waals surface area contributed by atoms with Crippen LogP contribution in [0.4, 0.5) is 0 Å². The summed E-state index contributed by atoms with van der Waals surface area (Å²) in [6.45, 7) is 11.8. The van der Waals surface area contributed by atoms with Gasteiger partial charge in [-0.1, -0.05) is 62.7 Å². The number of ether oxygens (including phenoxy) is 3. The molecule has 2 aromatic rings. The summed E-state index contributed by atoms with van der Waals surface area (Å²) < 4.78 is 16.5. The Bertz CT molecular complexity index is 1220. The zero-order valence-electron chi connectivity index (χ0n) is 27.5. The molecule has 10 heteroatoms. The third-order valence-corrected chi connectivity index (χ3v) is 7.00. The maximum Gasteiger partial charge on any atom is 0.307 e. The number of unbranched alkanes of at least 4 members (excludes halogenated alkanes) is 1. The molecule has 2 rings (SSSR count). The molecule has 2 aromatic carbocycles. The summed E-state index contributed by atoms with van der Waals surface area (Å²) in [6, 6.07) is 15.6. The molecule has 0 aliphatic rings. The van der Waals surface area contributed by atoms with Crippen LogP contribution < -0.4 is 15.4 Å². The molecule has 9 nitrogen and oxygen atoms in total. The predicted molar refractivity (Wildman–Crippen MR) is 175 cm³/mol. The van der Waals surface area contributed by atoms with E-state index in [4.69, 9.17) is 25.8 Å². The molecule has 0 aliphatic carbocycles. The zero-order chi connectivity index (χ0) is 33.5. The molecule has 45 heavy (non-hydrogen) atoms. The van der Waals surface area contributed by atoms with Gasteiger partial charge in [0.05, 0.1) is 13.0 Å². The van der Waals surface area contributed by atoms with Gasteiger partial charge in [-0.2, -0.15) is 0 Å². The molecule has 0 saturated heterocycles. The average molecular weight is 645 g/mol. The van der Waals surface area contributed by atoms with Crippen molar-refractivity contribution in [1.29, 1.82) is 0 Å². The van der Waals surface area contributed by atoms with Crippen LogP contribution in [0, 0.1) is 11.3 Å². The average Bonchev–Trinajstić information content (AvgIpc) is 2.96. The summed E-state index contributed by atoms with van der Waals surface area (Å²) >= 11 is 5.92. The standard InChI is InChI=1S/C35H49ClN2O7/c1-34(2,3)31(33(42)37-21-12-16-29(39)44-24-25-13-8-7-9-14-25)38-32(41)26(23-30(40)45-35(4,5)6)15-10-11-22-43-28-19-17-27(36)18-20-28/h7-9,13-14,17-20,26,31H,10-12,15-16,21-24H2,1-6H3,(H,37,42)(H,38,41)/t26-,31-/m1/s1. The molecule has 0 radical (unpaired) electrons. The molecule has 0 aliphatic heterocycles. The van der Waals surface area contributed by atoms with Crippen LogP contribution >= 0.6 is 11.6 Å². The lowest BCUT2D eigenvalue weighted by molar-refractivity contribution is -0.157. The van der Waals surface area contributed by atoms with E-state index in [1.165, 1.54) is 0 Å². The van der Waals surface area contributed by atoms with Gasteiger partial charge in [0, 0.05) is 23.9 Å². The van der Waals surface area contributed by atoms with Crippen LogP contribution in [0.1, 0.15) is 85.6 Å². The van der Waals surface area contributed by atoms with Crippen molar-refractivity contribution in [3.05, 3.63) is 65.2 Å². The van der Waals surface area contributed by atoms with E-state index in [0.29, 0.717) is 43.1 Å². The maximum atomic E-state index is 13.5. The Hall–Kier alpha value is -3.59. The lowest BCUT2D eigenvalue weighted by atomic mass is 9.85. The SMILES string of the molecule is CC(C)(C)OC(=O)C[C@@H](CCCCOc1ccc(Cl)cc1)C(=O)N[C@H](C(=O)NCCCC(=O)OCc1ccccc1)C(C)(C)C. The number of carbonyl (C=O) groups is 4. The topological polar surface area (TPSA) is 120 Å². The van der Waals surface area contributed by atoms with E-state index in [1.807, 2.05) is 51.1 Å². The quantitative estimate of drug-likeness (QED) is 0.151. The number of rotatable bonds is 17. The van der Waals surface area contributed by atoms with E-state index in [2.05, 4.69) is 10.6 Å². The molecule has 2 atom stereocenters. The van der Waals surface area contributed by atoms with Crippen LogP contribution in [-0.4, -0.2) is 48.5 Å². The van der Waals surface area contributed by atoms with Gasteiger partial charge in [0.15, 0.2) is 0 Å². The second-order valence-corrected chi connectivity index (χ2v) is 13.6. The van der Waals surface area contributed by atoms with Gasteiger partial charge in [-0.05, 0) is 81.7 Å². The van der Waals surface area contributed by atoms with Crippen LogP contribution in [0.25, 0.3) is 0 Å². The Morgan fingerprint density at radius 3 is 2.11 bits per heavy atom. The summed E-state index contributed by atoms with van der Waals surface area (Å²) in [5.41, 5.74) is -0.400. The molecule has 0 heterocycles. The van der Waals surface area contributed by atoms with E-state index < -0.39 is 28.9 Å². The first-order valence-corrected chi connectivity index (χ1v) is 15.9. The van der Waals surface area contributed by atoms with Gasteiger partial charge in [-0.15, -0.1) is 0 Å². The summed E-state index contributed by atoms with van der Waals surface area (Å²) in [4.78, 5) is 51.5. The second kappa shape index (κ2) is 18.4. The van der Waals surface area contributed by atoms with Crippen LogP contribution in [0.2, 0.25) is 5.02 Å². The Labute approximate surface area is 272 Å². The first-order chi connectivity index (χ1) is 21.1. The molecular formula is C35H49ClN2O7. The fourth-order valence-electron chi connectivity index (χ4n) is 4.42. The van der Waals surface area contributed by atoms with Gasteiger partial charge in [-0.25, -0.2) is 0 Å². The first-order valence-electron chi connectivity index (χ1n) is 15.5. The number of esters is 2. The molecular weight excluding hydrogens is 596 g/mol. The third kappa shape index (κ3) is 15.8. The molecule has 0 unspecified atom stereocenters. The lowest BCUT2D eigenvalue weighted by Gasteiger charge is -2.32. The van der Waals surface area contributed by atoms with E-state index in [-0.39, 0.29) is 43.8 Å². The Balaban J connectivity index is 1.91. The van der Waals surface area contributed by atoms with Crippen LogP contribution in [0.15, 0.2) is 54.6 Å². The fraction of sp³-hybridized carbons (Fsp3) is 0.543.